The summed E-state index contributed by atoms with van der Waals surface area (Å²) in [6, 6.07) is -1.03. The number of hydrogen-bond donors (Lipinski definition) is 6. The Kier molecular flexibility index (Phi) is 50.3. The number of unbranched alkanes of at least 4 members (excludes halogenated alkanes) is 29. The lowest BCUT2D eigenvalue weighted by molar-refractivity contribution is -0.305. The second-order valence-corrected chi connectivity index (χ2v) is 21.8. The summed E-state index contributed by atoms with van der Waals surface area (Å²) in [7, 11) is 0. The number of aliphatic hydroxyl groups is 5. The van der Waals surface area contributed by atoms with Crippen LogP contribution >= 0.6 is 0 Å². The number of carbonyl (C=O) groups excluding carboxylic acids is 2. The molecule has 77 heavy (non-hydrogen) atoms. The van der Waals surface area contributed by atoms with Crippen LogP contribution in [0.25, 0.3) is 0 Å². The van der Waals surface area contributed by atoms with Gasteiger partial charge < -0.3 is 45.1 Å². The van der Waals surface area contributed by atoms with Gasteiger partial charge in [0.15, 0.2) is 12.4 Å². The van der Waals surface area contributed by atoms with Gasteiger partial charge in [-0.3, -0.25) is 9.59 Å². The molecule has 1 rings (SSSR count). The Morgan fingerprint density at radius 2 is 0.935 bits per heavy atom. The Morgan fingerprint density at radius 3 is 1.40 bits per heavy atom. The van der Waals surface area contributed by atoms with Crippen LogP contribution in [0.15, 0.2) is 72.9 Å². The molecule has 1 heterocycles. The summed E-state index contributed by atoms with van der Waals surface area (Å²) >= 11 is 0. The van der Waals surface area contributed by atoms with Crippen molar-refractivity contribution in [3.8, 4) is 0 Å². The van der Waals surface area contributed by atoms with E-state index in [0.717, 1.165) is 116 Å². The molecule has 0 aliphatic carbocycles. The predicted molar refractivity (Wildman–Crippen MR) is 319 cm³/mol. The lowest BCUT2D eigenvalue weighted by atomic mass is 9.99. The molecule has 1 aliphatic heterocycles. The molecule has 0 spiro atoms. The highest BCUT2D eigenvalue weighted by Crippen LogP contribution is 2.26. The van der Waals surface area contributed by atoms with Gasteiger partial charge in [-0.05, 0) is 70.6 Å². The van der Waals surface area contributed by atoms with E-state index in [1.165, 1.54) is 109 Å². The topological polar surface area (TPSA) is 175 Å². The first-order valence-corrected chi connectivity index (χ1v) is 31.7. The molecule has 1 amide bonds. The highest BCUT2D eigenvalue weighted by molar-refractivity contribution is 5.80. The van der Waals surface area contributed by atoms with E-state index in [2.05, 4.69) is 86.8 Å². The van der Waals surface area contributed by atoms with Crippen molar-refractivity contribution in [2.24, 2.45) is 0 Å². The normalized spacial score (nSPS) is 19.5. The smallest absolute Gasteiger partial charge is 0.306 e. The molecule has 8 atom stereocenters. The SMILES string of the molecule is CC/C=C\C/C=C\C/C=C\C/C=C\C/C=C\CCCCCCCCCC(=O)OC1C(OCC(NC(=O)C(O)CCCCCCCCCCCCCCC)C(O)/C=C/CCCCCCCCCCCC)OC(CO)C(O)C1O. The molecule has 8 unspecified atom stereocenters. The third kappa shape index (κ3) is 41.7. The van der Waals surface area contributed by atoms with E-state index in [9.17, 15) is 35.1 Å². The molecule has 446 valence electrons. The number of esters is 1. The van der Waals surface area contributed by atoms with E-state index >= 15 is 0 Å². The average Bonchev–Trinajstić information content (AvgIpc) is 3.43. The van der Waals surface area contributed by atoms with Crippen molar-refractivity contribution in [2.75, 3.05) is 13.2 Å². The van der Waals surface area contributed by atoms with E-state index in [1.807, 2.05) is 6.08 Å². The molecule has 11 nitrogen and oxygen atoms in total. The fraction of sp³-hybridized carbons (Fsp3) is 0.788. The number of rotatable bonds is 53. The van der Waals surface area contributed by atoms with Crippen LogP contribution in [0.1, 0.15) is 271 Å². The molecular weight excluding hydrogens is 967 g/mol. The quantitative estimate of drug-likeness (QED) is 0.0195. The van der Waals surface area contributed by atoms with Gasteiger partial charge in [-0.25, -0.2) is 0 Å². The standard InChI is InChI=1S/C66H117NO10/c1-4-7-10-13-16-19-22-25-26-27-28-29-30-31-32-33-34-36-39-42-45-48-51-54-61(71)77-64-63(73)62(72)60(55-68)76-66(64)75-56-57(58(69)52-49-46-43-40-37-24-21-18-15-12-9-6-3)67-65(74)59(70)53-50-47-44-41-38-35-23-20-17-14-11-8-5-2/h7,10,16,19,25-26,28-29,31-32,49,52,57-60,62-64,66,68-70,72-73H,4-6,8-9,11-15,17-18,20-24,27,30,33-48,50-51,53-56H2,1-3H3,(H,67,74)/b10-7-,19-16-,26-25-,29-28-,32-31-,52-49+. The van der Waals surface area contributed by atoms with Crippen molar-refractivity contribution in [3.63, 3.8) is 0 Å². The van der Waals surface area contributed by atoms with Gasteiger partial charge in [-0.2, -0.15) is 0 Å². The monoisotopic (exact) mass is 1080 g/mol. The van der Waals surface area contributed by atoms with E-state index in [0.29, 0.717) is 19.3 Å². The third-order valence-corrected chi connectivity index (χ3v) is 14.6. The number of nitrogens with one attached hydrogen (secondary N) is 1. The van der Waals surface area contributed by atoms with Crippen molar-refractivity contribution in [1.29, 1.82) is 0 Å². The second-order valence-electron chi connectivity index (χ2n) is 21.8. The van der Waals surface area contributed by atoms with E-state index in [4.69, 9.17) is 14.2 Å². The van der Waals surface area contributed by atoms with Crippen LogP contribution < -0.4 is 5.32 Å². The minimum Gasteiger partial charge on any atom is -0.454 e. The largest absolute Gasteiger partial charge is 0.454 e. The first kappa shape index (κ1) is 72.1. The van der Waals surface area contributed by atoms with Gasteiger partial charge in [-0.15, -0.1) is 0 Å². The molecule has 0 aromatic heterocycles. The molecule has 1 aliphatic rings. The molecular formula is C66H117NO10. The molecule has 0 aromatic carbocycles. The van der Waals surface area contributed by atoms with Gasteiger partial charge in [0.1, 0.15) is 24.4 Å². The number of carbonyl (C=O) groups is 2. The molecule has 1 saturated heterocycles. The van der Waals surface area contributed by atoms with Crippen molar-refractivity contribution >= 4 is 11.9 Å². The summed E-state index contributed by atoms with van der Waals surface area (Å²) < 4.78 is 17.6. The van der Waals surface area contributed by atoms with Crippen molar-refractivity contribution < 1.29 is 49.3 Å². The number of amides is 1. The minimum absolute atomic E-state index is 0.109. The number of ether oxygens (including phenoxy) is 3. The van der Waals surface area contributed by atoms with E-state index in [1.54, 1.807) is 6.08 Å². The molecule has 0 saturated carbocycles. The molecule has 6 N–H and O–H groups in total. The fourth-order valence-corrected chi connectivity index (χ4v) is 9.62. The summed E-state index contributed by atoms with van der Waals surface area (Å²) in [5.74, 6) is -1.20. The molecule has 0 radical (unpaired) electrons. The minimum atomic E-state index is -1.62. The lowest BCUT2D eigenvalue weighted by Crippen LogP contribution is -2.61. The Bertz CT molecular complexity index is 1530. The van der Waals surface area contributed by atoms with Gasteiger partial charge in [0.2, 0.25) is 5.91 Å². The second kappa shape index (κ2) is 53.7. The van der Waals surface area contributed by atoms with Crippen LogP contribution in [0.4, 0.5) is 0 Å². The van der Waals surface area contributed by atoms with Gasteiger partial charge in [0.05, 0.1) is 25.4 Å². The summed E-state index contributed by atoms with van der Waals surface area (Å²) in [6.07, 6.45) is 57.9. The van der Waals surface area contributed by atoms with E-state index < -0.39 is 67.4 Å². The maximum Gasteiger partial charge on any atom is 0.306 e. The zero-order valence-electron chi connectivity index (χ0n) is 49.3. The summed E-state index contributed by atoms with van der Waals surface area (Å²) in [5.41, 5.74) is 0. The molecule has 0 aromatic rings. The Hall–Kier alpha value is -2.90. The van der Waals surface area contributed by atoms with E-state index in [-0.39, 0.29) is 13.0 Å². The first-order chi connectivity index (χ1) is 37.7. The molecule has 1 fully saturated rings. The van der Waals surface area contributed by atoms with Gasteiger partial charge in [0.25, 0.3) is 0 Å². The van der Waals surface area contributed by atoms with Crippen LogP contribution in [-0.2, 0) is 23.8 Å². The summed E-state index contributed by atoms with van der Waals surface area (Å²) in [4.78, 5) is 26.5. The lowest BCUT2D eigenvalue weighted by Gasteiger charge is -2.41. The molecule has 0 bridgehead atoms. The highest BCUT2D eigenvalue weighted by atomic mass is 16.7. The van der Waals surface area contributed by atoms with Crippen LogP contribution in [0.5, 0.6) is 0 Å². The summed E-state index contributed by atoms with van der Waals surface area (Å²) in [6.45, 7) is 5.67. The average molecular weight is 1080 g/mol. The first-order valence-electron chi connectivity index (χ1n) is 31.7. The zero-order chi connectivity index (χ0) is 56.1. The van der Waals surface area contributed by atoms with Crippen LogP contribution in [0.3, 0.4) is 0 Å². The van der Waals surface area contributed by atoms with Gasteiger partial charge >= 0.3 is 5.97 Å². The van der Waals surface area contributed by atoms with Crippen LogP contribution in [-0.4, -0.2) is 99.6 Å². The third-order valence-electron chi connectivity index (χ3n) is 14.6. The zero-order valence-corrected chi connectivity index (χ0v) is 49.3. The number of allylic oxidation sites excluding steroid dienone is 11. The Balaban J connectivity index is 2.64. The van der Waals surface area contributed by atoms with Crippen molar-refractivity contribution in [2.45, 2.75) is 320 Å². The van der Waals surface area contributed by atoms with Crippen molar-refractivity contribution in [3.05, 3.63) is 72.9 Å². The maximum absolute atomic E-state index is 13.4. The Labute approximate surface area is 471 Å². The summed E-state index contributed by atoms with van der Waals surface area (Å²) in [5, 5.41) is 57.0. The highest BCUT2D eigenvalue weighted by Gasteiger charge is 2.47. The van der Waals surface area contributed by atoms with Crippen LogP contribution in [0, 0.1) is 0 Å². The Morgan fingerprint density at radius 1 is 0.519 bits per heavy atom. The van der Waals surface area contributed by atoms with Crippen molar-refractivity contribution in [1.82, 2.24) is 5.32 Å². The predicted octanol–water partition coefficient (Wildman–Crippen LogP) is 15.2. The number of hydrogen-bond acceptors (Lipinski definition) is 10. The molecule has 11 heteroatoms. The van der Waals surface area contributed by atoms with Gasteiger partial charge in [0, 0.05) is 6.42 Å². The number of aliphatic hydroxyl groups excluding tert-OH is 5. The fourth-order valence-electron chi connectivity index (χ4n) is 9.62. The van der Waals surface area contributed by atoms with Crippen LogP contribution in [0.2, 0.25) is 0 Å². The van der Waals surface area contributed by atoms with Gasteiger partial charge in [-0.1, -0.05) is 267 Å². The maximum atomic E-state index is 13.4.